The first-order valence-corrected chi connectivity index (χ1v) is 3.72. The summed E-state index contributed by atoms with van der Waals surface area (Å²) in [4.78, 5) is 10.9. The van der Waals surface area contributed by atoms with Crippen molar-refractivity contribution in [2.45, 2.75) is 0 Å². The summed E-state index contributed by atoms with van der Waals surface area (Å²) in [7, 11) is 1.73. The molecule has 0 radical (unpaired) electrons. The van der Waals surface area contributed by atoms with Crippen molar-refractivity contribution >= 4 is 11.9 Å². The van der Waals surface area contributed by atoms with Gasteiger partial charge in [0.2, 0.25) is 0 Å². The maximum atomic E-state index is 10.9. The van der Waals surface area contributed by atoms with Gasteiger partial charge in [0.1, 0.15) is 0 Å². The summed E-state index contributed by atoms with van der Waals surface area (Å²) < 4.78 is 3.11. The lowest BCUT2D eigenvalue weighted by molar-refractivity contribution is 0.852. The molecule has 0 aliphatic heterocycles. The minimum atomic E-state index is 0.0162. The van der Waals surface area contributed by atoms with Gasteiger partial charge in [-0.1, -0.05) is 0 Å². The molecule has 1 heterocycles. The van der Waals surface area contributed by atoms with Gasteiger partial charge in [0.25, 0.3) is 0 Å². The van der Waals surface area contributed by atoms with E-state index in [1.165, 1.54) is 16.5 Å². The summed E-state index contributed by atoms with van der Waals surface area (Å²) in [6.07, 6.45) is 5.34. The number of rotatable bonds is 1. The van der Waals surface area contributed by atoms with Crippen LogP contribution in [0, 0.1) is 0 Å². The number of aryl methyl sites for hydroxylation is 1. The van der Waals surface area contributed by atoms with Crippen LogP contribution in [-0.4, -0.2) is 14.8 Å². The third kappa shape index (κ3) is 1.03. The van der Waals surface area contributed by atoms with Crippen LogP contribution in [0.15, 0.2) is 17.2 Å². The topological polar surface area (TPSA) is 26.9 Å². The molecule has 0 bridgehead atoms. The van der Waals surface area contributed by atoms with E-state index in [1.807, 2.05) is 6.26 Å². The van der Waals surface area contributed by atoms with Crippen LogP contribution >= 0.6 is 11.9 Å². The molecule has 50 valence electrons. The lowest BCUT2D eigenvalue weighted by atomic mass is 10.9. The van der Waals surface area contributed by atoms with Crippen molar-refractivity contribution in [2.75, 3.05) is 6.26 Å². The Morgan fingerprint density at radius 1 is 1.56 bits per heavy atom. The molecular weight excluding hydrogens is 136 g/mol. The lowest BCUT2D eigenvalue weighted by Crippen LogP contribution is -2.17. The second kappa shape index (κ2) is 2.31. The third-order valence-electron chi connectivity index (χ3n) is 1.11. The highest BCUT2D eigenvalue weighted by molar-refractivity contribution is 7.97. The number of nitrogens with zero attached hydrogens (tertiary/aromatic N) is 2. The molecule has 0 aliphatic carbocycles. The number of aromatic nitrogens is 2. The lowest BCUT2D eigenvalue weighted by Gasteiger charge is -1.88. The van der Waals surface area contributed by atoms with Crippen LogP contribution in [-0.2, 0) is 7.05 Å². The summed E-state index contributed by atoms with van der Waals surface area (Å²) in [5, 5.41) is 0. The number of imidazole rings is 1. The molecular formula is C5H8N2OS. The molecule has 0 fully saturated rings. The zero-order chi connectivity index (χ0) is 6.85. The average Bonchev–Trinajstić information content (AvgIpc) is 2.15. The Hall–Kier alpha value is -0.640. The Kier molecular flexibility index (Phi) is 1.66. The number of hydrogen-bond donors (Lipinski definition) is 0. The van der Waals surface area contributed by atoms with Crippen LogP contribution in [0.25, 0.3) is 0 Å². The van der Waals surface area contributed by atoms with Crippen molar-refractivity contribution in [2.24, 2.45) is 7.05 Å². The Morgan fingerprint density at radius 3 is 2.44 bits per heavy atom. The minimum Gasteiger partial charge on any atom is -0.302 e. The van der Waals surface area contributed by atoms with Crippen molar-refractivity contribution in [3.8, 4) is 0 Å². The van der Waals surface area contributed by atoms with E-state index in [1.54, 1.807) is 23.4 Å². The van der Waals surface area contributed by atoms with Crippen molar-refractivity contribution < 1.29 is 0 Å². The van der Waals surface area contributed by atoms with Gasteiger partial charge in [-0.2, -0.15) is 0 Å². The molecule has 0 amide bonds. The molecule has 9 heavy (non-hydrogen) atoms. The van der Waals surface area contributed by atoms with E-state index in [0.29, 0.717) is 0 Å². The van der Waals surface area contributed by atoms with Gasteiger partial charge in [-0.05, 0) is 11.9 Å². The normalized spacial score (nSPS) is 10.0. The Labute approximate surface area is 57.4 Å². The highest BCUT2D eigenvalue weighted by Gasteiger charge is 1.94. The van der Waals surface area contributed by atoms with Crippen LogP contribution < -0.4 is 5.69 Å². The predicted molar refractivity (Wildman–Crippen MR) is 38.6 cm³/mol. The molecule has 1 aromatic rings. The molecule has 0 aliphatic rings. The maximum absolute atomic E-state index is 10.9. The average molecular weight is 144 g/mol. The van der Waals surface area contributed by atoms with Gasteiger partial charge in [0, 0.05) is 25.7 Å². The molecule has 0 spiro atoms. The summed E-state index contributed by atoms with van der Waals surface area (Å²) >= 11 is 1.40. The molecule has 0 unspecified atom stereocenters. The zero-order valence-electron chi connectivity index (χ0n) is 5.37. The van der Waals surface area contributed by atoms with Gasteiger partial charge < -0.3 is 4.57 Å². The van der Waals surface area contributed by atoms with Crippen molar-refractivity contribution in [1.29, 1.82) is 0 Å². The molecule has 0 saturated carbocycles. The molecule has 4 heteroatoms. The van der Waals surface area contributed by atoms with Crippen LogP contribution in [0.4, 0.5) is 0 Å². The molecule has 1 rings (SSSR count). The first kappa shape index (κ1) is 6.48. The molecule has 1 aromatic heterocycles. The fourth-order valence-electron chi connectivity index (χ4n) is 0.582. The fraction of sp³-hybridized carbons (Fsp3) is 0.400. The fourth-order valence-corrected chi connectivity index (χ4v) is 1.04. The summed E-state index contributed by atoms with van der Waals surface area (Å²) in [5.74, 6) is 0. The van der Waals surface area contributed by atoms with E-state index < -0.39 is 0 Å². The van der Waals surface area contributed by atoms with Gasteiger partial charge in [-0.25, -0.2) is 8.77 Å². The zero-order valence-corrected chi connectivity index (χ0v) is 6.18. The van der Waals surface area contributed by atoms with Crippen molar-refractivity contribution in [1.82, 2.24) is 8.54 Å². The Morgan fingerprint density at radius 2 is 2.22 bits per heavy atom. The van der Waals surface area contributed by atoms with E-state index in [9.17, 15) is 4.79 Å². The molecule has 3 nitrogen and oxygen atoms in total. The monoisotopic (exact) mass is 144 g/mol. The molecule has 0 saturated heterocycles. The van der Waals surface area contributed by atoms with Crippen LogP contribution in [0.2, 0.25) is 0 Å². The Balaban J connectivity index is 3.20. The summed E-state index contributed by atoms with van der Waals surface area (Å²) in [6.45, 7) is 0. The first-order valence-electron chi connectivity index (χ1n) is 2.54. The van der Waals surface area contributed by atoms with Gasteiger partial charge in [0.05, 0.1) is 0 Å². The summed E-state index contributed by atoms with van der Waals surface area (Å²) in [6, 6.07) is 0. The van der Waals surface area contributed by atoms with Crippen LogP contribution in [0.1, 0.15) is 0 Å². The van der Waals surface area contributed by atoms with Crippen molar-refractivity contribution in [3.05, 3.63) is 22.9 Å². The summed E-state index contributed by atoms with van der Waals surface area (Å²) in [5.41, 5.74) is 0.0162. The first-order chi connectivity index (χ1) is 4.25. The standard InChI is InChI=1S/C5H8N2OS/c1-6-3-4-7(9-2)5(6)8/h3-4H,1-2H3. The van der Waals surface area contributed by atoms with E-state index >= 15 is 0 Å². The number of hydrogen-bond acceptors (Lipinski definition) is 2. The van der Waals surface area contributed by atoms with Gasteiger partial charge in [0.15, 0.2) is 0 Å². The van der Waals surface area contributed by atoms with Crippen LogP contribution in [0.5, 0.6) is 0 Å². The quantitative estimate of drug-likeness (QED) is 0.567. The van der Waals surface area contributed by atoms with Gasteiger partial charge in [-0.3, -0.25) is 0 Å². The second-order valence-electron chi connectivity index (χ2n) is 1.70. The maximum Gasteiger partial charge on any atom is 0.338 e. The Bertz CT molecular complexity index is 250. The van der Waals surface area contributed by atoms with E-state index in [2.05, 4.69) is 0 Å². The molecule has 0 atom stereocenters. The molecule has 0 N–H and O–H groups in total. The molecule has 0 aromatic carbocycles. The van der Waals surface area contributed by atoms with E-state index in [0.717, 1.165) is 0 Å². The van der Waals surface area contributed by atoms with E-state index in [4.69, 9.17) is 0 Å². The SMILES string of the molecule is CSn1ccn(C)c1=O. The largest absolute Gasteiger partial charge is 0.338 e. The highest BCUT2D eigenvalue weighted by Crippen LogP contribution is 1.92. The van der Waals surface area contributed by atoms with Crippen LogP contribution in [0.3, 0.4) is 0 Å². The third-order valence-corrected chi connectivity index (χ3v) is 1.78. The van der Waals surface area contributed by atoms with Gasteiger partial charge >= 0.3 is 5.69 Å². The minimum absolute atomic E-state index is 0.0162. The van der Waals surface area contributed by atoms with Crippen molar-refractivity contribution in [3.63, 3.8) is 0 Å². The predicted octanol–water partition coefficient (Wildman–Crippen LogP) is 0.313. The highest BCUT2D eigenvalue weighted by atomic mass is 32.2. The second-order valence-corrected chi connectivity index (χ2v) is 2.46. The van der Waals surface area contributed by atoms with Gasteiger partial charge in [-0.15, -0.1) is 0 Å². The smallest absolute Gasteiger partial charge is 0.302 e. The van der Waals surface area contributed by atoms with E-state index in [-0.39, 0.29) is 5.69 Å².